The Morgan fingerprint density at radius 3 is 2.12 bits per heavy atom. The lowest BCUT2D eigenvalue weighted by atomic mass is 10.1. The van der Waals surface area contributed by atoms with Crippen molar-refractivity contribution in [3.63, 3.8) is 0 Å². The molecule has 2 aliphatic heterocycles. The molecule has 0 amide bonds. The lowest BCUT2D eigenvalue weighted by Crippen LogP contribution is -2.23. The molecule has 4 rings (SSSR count). The van der Waals surface area contributed by atoms with Crippen molar-refractivity contribution in [3.05, 3.63) is 81.3 Å². The Bertz CT molecular complexity index is 1570. The number of nitriles is 1. The summed E-state index contributed by atoms with van der Waals surface area (Å²) in [5, 5.41) is 20.4. The van der Waals surface area contributed by atoms with Gasteiger partial charge in [0.25, 0.3) is 0 Å². The largest absolute Gasteiger partial charge is 0.459 e. The minimum atomic E-state index is -0.679. The van der Waals surface area contributed by atoms with Crippen LogP contribution in [0.3, 0.4) is 0 Å². The van der Waals surface area contributed by atoms with Crippen LogP contribution in [0.4, 0.5) is 11.4 Å². The second-order valence-electron chi connectivity index (χ2n) is 12.0. The summed E-state index contributed by atoms with van der Waals surface area (Å²) in [4.78, 5) is 33.7. The number of aliphatic hydroxyl groups excluding tert-OH is 1. The molecule has 2 aromatic carbocycles. The number of carbonyl (C=O) groups excluding carboxylic acids is 1. The number of benzene rings is 2. The molecule has 1 N–H and O–H groups in total. The predicted octanol–water partition coefficient (Wildman–Crippen LogP) is 7.55. The van der Waals surface area contributed by atoms with E-state index in [1.165, 1.54) is 11.8 Å². The summed E-state index contributed by atoms with van der Waals surface area (Å²) in [6, 6.07) is 18.1. The standard InChI is InChI=1S/C38H48N4O7S2/c1-4-29(2)17-19-42-33-14-8-10-16-35(33)51-37(42)31(40-3)28-49-48-26-24-46-22-21-45-23-25-47-38(44)30(27-39)36-41(18-11-5-6-12-20-43)32-13-7-9-15-34(32)50-36/h7-10,13-16,29,43H,4-6,11-12,17-26,28H2,1-2H3/b36-30-,37-31+. The molecule has 0 bridgehead atoms. The Morgan fingerprint density at radius 2 is 1.47 bits per heavy atom. The first-order valence-corrected chi connectivity index (χ1v) is 19.2. The fourth-order valence-corrected chi connectivity index (χ4v) is 7.69. The van der Waals surface area contributed by atoms with Crippen molar-refractivity contribution in [2.75, 3.05) is 75.7 Å². The molecule has 0 radical (unpaired) electrons. The number of ether oxygens (including phenoxy) is 3. The molecule has 2 aliphatic rings. The third-order valence-electron chi connectivity index (χ3n) is 8.38. The number of para-hydroxylation sites is 2. The Morgan fingerprint density at radius 1 is 0.863 bits per heavy atom. The number of thioether (sulfide) groups is 2. The number of nitrogens with zero attached hydrogens (tertiary/aromatic N) is 4. The molecule has 1 atom stereocenters. The SMILES string of the molecule is [C-]#[N+]/C(COOCCOCCOCCOC(=O)/C(C#N)=C1\Sc2ccccc2N1CCCCCCO)=C1/Sc2ccccc2N1CCC(C)CC. The van der Waals surface area contributed by atoms with Gasteiger partial charge in [0.05, 0.1) is 49.4 Å². The lowest BCUT2D eigenvalue weighted by Gasteiger charge is -2.23. The van der Waals surface area contributed by atoms with Gasteiger partial charge in [0.1, 0.15) is 30.9 Å². The van der Waals surface area contributed by atoms with Crippen molar-refractivity contribution < 1.29 is 33.9 Å². The Kier molecular flexibility index (Phi) is 17.7. The normalized spacial score (nSPS) is 15.9. The zero-order valence-corrected chi connectivity index (χ0v) is 31.1. The molecule has 0 saturated carbocycles. The molecular weight excluding hydrogens is 689 g/mol. The van der Waals surface area contributed by atoms with Crippen molar-refractivity contribution >= 4 is 40.9 Å². The van der Waals surface area contributed by atoms with E-state index in [0.717, 1.165) is 71.3 Å². The highest BCUT2D eigenvalue weighted by molar-refractivity contribution is 8.04. The molecule has 0 aliphatic carbocycles. The van der Waals surface area contributed by atoms with Crippen molar-refractivity contribution in [2.45, 2.75) is 62.2 Å². The van der Waals surface area contributed by atoms with E-state index >= 15 is 0 Å². The van der Waals surface area contributed by atoms with Gasteiger partial charge in [0, 0.05) is 29.5 Å². The average Bonchev–Trinajstić information content (AvgIpc) is 3.70. The van der Waals surface area contributed by atoms with Crippen molar-refractivity contribution in [1.29, 1.82) is 5.26 Å². The monoisotopic (exact) mass is 736 g/mol. The lowest BCUT2D eigenvalue weighted by molar-refractivity contribution is -0.292. The zero-order chi connectivity index (χ0) is 36.3. The van der Waals surface area contributed by atoms with Gasteiger partial charge in [0.2, 0.25) is 5.70 Å². The smallest absolute Gasteiger partial charge is 0.351 e. The highest BCUT2D eigenvalue weighted by atomic mass is 32.2. The number of rotatable bonds is 23. The molecule has 1 unspecified atom stereocenters. The predicted molar refractivity (Wildman–Crippen MR) is 200 cm³/mol. The van der Waals surface area contributed by atoms with E-state index in [-0.39, 0.29) is 51.8 Å². The number of carbonyl (C=O) groups is 1. The summed E-state index contributed by atoms with van der Waals surface area (Å²) in [5.41, 5.74) is 2.57. The number of fused-ring (bicyclic) bond motifs is 2. The van der Waals surface area contributed by atoms with Gasteiger partial charge >= 0.3 is 5.97 Å². The quantitative estimate of drug-likeness (QED) is 0.0231. The van der Waals surface area contributed by atoms with Crippen LogP contribution in [0.1, 0.15) is 52.4 Å². The fraction of sp³-hybridized carbons (Fsp3) is 0.500. The van der Waals surface area contributed by atoms with E-state index in [1.807, 2.05) is 41.3 Å². The minimum absolute atomic E-state index is 0.00430. The molecule has 11 nitrogen and oxygen atoms in total. The molecule has 0 fully saturated rings. The van der Waals surface area contributed by atoms with Gasteiger partial charge < -0.3 is 29.1 Å². The van der Waals surface area contributed by atoms with Gasteiger partial charge in [-0.05, 0) is 49.4 Å². The number of esters is 1. The highest BCUT2D eigenvalue weighted by Crippen LogP contribution is 2.48. The Balaban J connectivity index is 1.11. The maximum absolute atomic E-state index is 12.9. The molecule has 51 heavy (non-hydrogen) atoms. The third-order valence-corrected chi connectivity index (χ3v) is 10.8. The van der Waals surface area contributed by atoms with Gasteiger partial charge in [-0.15, -0.1) is 0 Å². The highest BCUT2D eigenvalue weighted by Gasteiger charge is 2.31. The molecule has 0 aromatic heterocycles. The summed E-state index contributed by atoms with van der Waals surface area (Å²) in [7, 11) is 0. The number of hydrogen-bond donors (Lipinski definition) is 1. The van der Waals surface area contributed by atoms with Crippen molar-refractivity contribution in [2.24, 2.45) is 5.92 Å². The van der Waals surface area contributed by atoms with Crippen LogP contribution in [0.5, 0.6) is 0 Å². The van der Waals surface area contributed by atoms with E-state index in [0.29, 0.717) is 29.8 Å². The van der Waals surface area contributed by atoms with Crippen LogP contribution in [-0.4, -0.2) is 77.0 Å². The van der Waals surface area contributed by atoms with Crippen LogP contribution >= 0.6 is 23.5 Å². The van der Waals surface area contributed by atoms with Crippen LogP contribution in [0.2, 0.25) is 0 Å². The van der Waals surface area contributed by atoms with Gasteiger partial charge in [-0.3, -0.25) is 0 Å². The van der Waals surface area contributed by atoms with Crippen LogP contribution in [0, 0.1) is 23.8 Å². The second kappa shape index (κ2) is 22.4. The van der Waals surface area contributed by atoms with Crippen LogP contribution in [-0.2, 0) is 28.8 Å². The molecule has 0 saturated heterocycles. The minimum Gasteiger partial charge on any atom is -0.459 e. The van der Waals surface area contributed by atoms with E-state index in [9.17, 15) is 10.1 Å². The first-order valence-electron chi connectivity index (χ1n) is 17.5. The van der Waals surface area contributed by atoms with Crippen molar-refractivity contribution in [3.8, 4) is 6.07 Å². The van der Waals surface area contributed by atoms with E-state index in [1.54, 1.807) is 11.8 Å². The van der Waals surface area contributed by atoms with Gasteiger partial charge in [-0.1, -0.05) is 80.9 Å². The van der Waals surface area contributed by atoms with Crippen LogP contribution in [0.15, 0.2) is 79.7 Å². The number of aliphatic hydroxyl groups is 1. The summed E-state index contributed by atoms with van der Waals surface area (Å²) in [5.74, 6) is -0.0819. The van der Waals surface area contributed by atoms with Crippen molar-refractivity contribution in [1.82, 2.24) is 0 Å². The third kappa shape index (κ3) is 12.0. The van der Waals surface area contributed by atoms with Gasteiger partial charge in [0.15, 0.2) is 5.57 Å². The number of anilines is 2. The summed E-state index contributed by atoms with van der Waals surface area (Å²) in [6.45, 7) is 15.2. The number of unbranched alkanes of at least 4 members (excludes halogenated alkanes) is 3. The van der Waals surface area contributed by atoms with E-state index in [4.69, 9.17) is 35.7 Å². The first-order chi connectivity index (χ1) is 25.0. The topological polar surface area (TPSA) is 118 Å². The van der Waals surface area contributed by atoms with Crippen LogP contribution in [0.25, 0.3) is 4.85 Å². The summed E-state index contributed by atoms with van der Waals surface area (Å²) in [6.07, 6.45) is 5.65. The van der Waals surface area contributed by atoms with E-state index < -0.39 is 5.97 Å². The molecule has 13 heteroatoms. The van der Waals surface area contributed by atoms with Gasteiger partial charge in [-0.25, -0.2) is 19.4 Å². The molecule has 274 valence electrons. The Hall–Kier alpha value is -3.53. The van der Waals surface area contributed by atoms with E-state index in [2.05, 4.69) is 41.8 Å². The summed E-state index contributed by atoms with van der Waals surface area (Å²) < 4.78 is 16.5. The molecular formula is C38H48N4O7S2. The maximum atomic E-state index is 12.9. The zero-order valence-electron chi connectivity index (χ0n) is 29.5. The molecule has 0 spiro atoms. The first kappa shape index (κ1) is 40.2. The molecule has 2 aromatic rings. The second-order valence-corrected chi connectivity index (χ2v) is 14.0. The number of hydrogen-bond acceptors (Lipinski definition) is 12. The van der Waals surface area contributed by atoms with Crippen LogP contribution < -0.4 is 9.80 Å². The summed E-state index contributed by atoms with van der Waals surface area (Å²) >= 11 is 3.00. The Labute approximate surface area is 310 Å². The maximum Gasteiger partial charge on any atom is 0.351 e. The van der Waals surface area contributed by atoms with Gasteiger partial charge in [-0.2, -0.15) is 5.26 Å². The average molecular weight is 737 g/mol. The fourth-order valence-electron chi connectivity index (χ4n) is 5.36. The molecule has 2 heterocycles.